The van der Waals surface area contributed by atoms with Gasteiger partial charge in [0.1, 0.15) is 0 Å². The normalized spacial score (nSPS) is 14.3. The molecule has 1 N–H and O–H groups in total. The first-order valence-corrected chi connectivity index (χ1v) is 7.46. The maximum absolute atomic E-state index is 9.11. The average Bonchev–Trinajstić information content (AvgIpc) is 2.14. The Hall–Kier alpha value is -0.0400. The second kappa shape index (κ2) is 8.97. The van der Waals surface area contributed by atoms with Crippen LogP contribution in [0.1, 0.15) is 79.6 Å². The fraction of sp³-hybridized carbons (Fsp3) is 1.00. The van der Waals surface area contributed by atoms with Crippen molar-refractivity contribution in [1.29, 1.82) is 0 Å². The van der Waals surface area contributed by atoms with E-state index >= 15 is 0 Å². The molecule has 0 fully saturated rings. The van der Waals surface area contributed by atoms with Crippen molar-refractivity contribution in [1.82, 2.24) is 0 Å². The maximum atomic E-state index is 9.11. The van der Waals surface area contributed by atoms with Crippen LogP contribution >= 0.6 is 0 Å². The van der Waals surface area contributed by atoms with Gasteiger partial charge < -0.3 is 5.11 Å². The van der Waals surface area contributed by atoms with Crippen molar-refractivity contribution in [2.24, 2.45) is 17.3 Å². The van der Waals surface area contributed by atoms with Gasteiger partial charge in [0.2, 0.25) is 0 Å². The molecule has 0 saturated heterocycles. The third kappa shape index (κ3) is 12.2. The monoisotopic (exact) mass is 242 g/mol. The van der Waals surface area contributed by atoms with Gasteiger partial charge >= 0.3 is 0 Å². The number of aliphatic hydroxyl groups is 1. The van der Waals surface area contributed by atoms with Crippen molar-refractivity contribution in [3.05, 3.63) is 0 Å². The van der Waals surface area contributed by atoms with Crippen molar-refractivity contribution < 1.29 is 5.11 Å². The standard InChI is InChI=1S/C16H34O/c1-14(2)9-7-6-8-10-15(11-12-17)13-16(3,4)5/h14-15,17H,6-13H2,1-5H3/t15-/m1/s1. The minimum Gasteiger partial charge on any atom is -0.396 e. The van der Waals surface area contributed by atoms with Gasteiger partial charge in [0.15, 0.2) is 0 Å². The lowest BCUT2D eigenvalue weighted by Crippen LogP contribution is -2.14. The lowest BCUT2D eigenvalue weighted by Gasteiger charge is -2.25. The van der Waals surface area contributed by atoms with Crippen LogP contribution in [-0.4, -0.2) is 11.7 Å². The predicted molar refractivity (Wildman–Crippen MR) is 77.2 cm³/mol. The zero-order chi connectivity index (χ0) is 13.3. The maximum Gasteiger partial charge on any atom is 0.0433 e. The Morgan fingerprint density at radius 3 is 1.94 bits per heavy atom. The van der Waals surface area contributed by atoms with Gasteiger partial charge in [-0.05, 0) is 30.1 Å². The number of aliphatic hydroxyl groups excluding tert-OH is 1. The molecule has 1 heteroatoms. The molecule has 0 aromatic rings. The van der Waals surface area contributed by atoms with Crippen LogP contribution in [0.2, 0.25) is 0 Å². The molecule has 0 spiro atoms. The summed E-state index contributed by atoms with van der Waals surface area (Å²) >= 11 is 0. The van der Waals surface area contributed by atoms with Crippen molar-refractivity contribution in [3.63, 3.8) is 0 Å². The molecule has 104 valence electrons. The average molecular weight is 242 g/mol. The first kappa shape index (κ1) is 17.0. The molecule has 17 heavy (non-hydrogen) atoms. The van der Waals surface area contributed by atoms with Crippen LogP contribution in [0.3, 0.4) is 0 Å². The van der Waals surface area contributed by atoms with Gasteiger partial charge in [0.05, 0.1) is 0 Å². The molecule has 0 heterocycles. The molecule has 0 aromatic carbocycles. The molecular formula is C16H34O. The number of rotatable bonds is 9. The van der Waals surface area contributed by atoms with E-state index in [-0.39, 0.29) is 0 Å². The van der Waals surface area contributed by atoms with E-state index in [1.165, 1.54) is 38.5 Å². The number of hydrogen-bond acceptors (Lipinski definition) is 1. The van der Waals surface area contributed by atoms with E-state index in [4.69, 9.17) is 5.11 Å². The minimum atomic E-state index is 0.354. The molecule has 0 saturated carbocycles. The Morgan fingerprint density at radius 2 is 1.47 bits per heavy atom. The van der Waals surface area contributed by atoms with Gasteiger partial charge in [-0.15, -0.1) is 0 Å². The zero-order valence-electron chi connectivity index (χ0n) is 12.8. The first-order valence-electron chi connectivity index (χ1n) is 7.46. The molecule has 0 bridgehead atoms. The third-order valence-corrected chi connectivity index (χ3v) is 3.33. The molecule has 1 atom stereocenters. The zero-order valence-corrected chi connectivity index (χ0v) is 12.8. The largest absolute Gasteiger partial charge is 0.396 e. The predicted octanol–water partition coefficient (Wildman–Crippen LogP) is 5.03. The molecule has 0 aliphatic rings. The smallest absolute Gasteiger partial charge is 0.0433 e. The summed E-state index contributed by atoms with van der Waals surface area (Å²) in [6.45, 7) is 11.9. The van der Waals surface area contributed by atoms with Gasteiger partial charge in [-0.25, -0.2) is 0 Å². The van der Waals surface area contributed by atoms with Crippen LogP contribution in [0.15, 0.2) is 0 Å². The summed E-state index contributed by atoms with van der Waals surface area (Å²) in [7, 11) is 0. The number of unbranched alkanes of at least 4 members (excludes halogenated alkanes) is 2. The lowest BCUT2D eigenvalue weighted by molar-refractivity contribution is 0.207. The molecule has 0 aliphatic heterocycles. The van der Waals surface area contributed by atoms with Crippen LogP contribution in [0.5, 0.6) is 0 Å². The van der Waals surface area contributed by atoms with Gasteiger partial charge in [-0.2, -0.15) is 0 Å². The Labute approximate surface area is 109 Å². The fourth-order valence-electron chi connectivity index (χ4n) is 2.56. The molecule has 0 rings (SSSR count). The van der Waals surface area contributed by atoms with Crippen molar-refractivity contribution in [2.75, 3.05) is 6.61 Å². The molecular weight excluding hydrogens is 208 g/mol. The lowest BCUT2D eigenvalue weighted by atomic mass is 9.81. The summed E-state index contributed by atoms with van der Waals surface area (Å²) < 4.78 is 0. The van der Waals surface area contributed by atoms with E-state index in [0.717, 1.165) is 18.3 Å². The van der Waals surface area contributed by atoms with Crippen LogP contribution in [0.4, 0.5) is 0 Å². The fourth-order valence-corrected chi connectivity index (χ4v) is 2.56. The van der Waals surface area contributed by atoms with Crippen LogP contribution < -0.4 is 0 Å². The molecule has 0 amide bonds. The molecule has 1 nitrogen and oxygen atoms in total. The molecule has 0 unspecified atom stereocenters. The van der Waals surface area contributed by atoms with Crippen LogP contribution in [-0.2, 0) is 0 Å². The highest BCUT2D eigenvalue weighted by Crippen LogP contribution is 2.29. The van der Waals surface area contributed by atoms with Gasteiger partial charge in [0, 0.05) is 6.61 Å². The highest BCUT2D eigenvalue weighted by atomic mass is 16.3. The molecule has 0 aliphatic carbocycles. The van der Waals surface area contributed by atoms with Gasteiger partial charge in [-0.3, -0.25) is 0 Å². The second-order valence-electron chi connectivity index (χ2n) is 7.17. The Kier molecular flexibility index (Phi) is 8.94. The van der Waals surface area contributed by atoms with Gasteiger partial charge in [-0.1, -0.05) is 66.7 Å². The SMILES string of the molecule is CC(C)CCCCC[C@H](CCO)CC(C)(C)C. The van der Waals surface area contributed by atoms with Gasteiger partial charge in [0.25, 0.3) is 0 Å². The van der Waals surface area contributed by atoms with Crippen molar-refractivity contribution in [2.45, 2.75) is 79.6 Å². The van der Waals surface area contributed by atoms with E-state index in [0.29, 0.717) is 12.0 Å². The third-order valence-electron chi connectivity index (χ3n) is 3.33. The highest BCUT2D eigenvalue weighted by Gasteiger charge is 2.17. The quantitative estimate of drug-likeness (QED) is 0.562. The minimum absolute atomic E-state index is 0.354. The van der Waals surface area contributed by atoms with E-state index in [2.05, 4.69) is 34.6 Å². The molecule has 0 aromatic heterocycles. The van der Waals surface area contributed by atoms with E-state index in [1.807, 2.05) is 0 Å². The Balaban J connectivity index is 3.70. The van der Waals surface area contributed by atoms with E-state index < -0.39 is 0 Å². The Morgan fingerprint density at radius 1 is 0.882 bits per heavy atom. The highest BCUT2D eigenvalue weighted by molar-refractivity contribution is 4.69. The van der Waals surface area contributed by atoms with E-state index in [9.17, 15) is 0 Å². The number of hydrogen-bond donors (Lipinski definition) is 1. The van der Waals surface area contributed by atoms with Crippen molar-refractivity contribution in [3.8, 4) is 0 Å². The summed E-state index contributed by atoms with van der Waals surface area (Å²) in [6.07, 6.45) is 8.98. The van der Waals surface area contributed by atoms with Crippen LogP contribution in [0.25, 0.3) is 0 Å². The van der Waals surface area contributed by atoms with Crippen molar-refractivity contribution >= 4 is 0 Å². The second-order valence-corrected chi connectivity index (χ2v) is 7.17. The van der Waals surface area contributed by atoms with Crippen LogP contribution in [0, 0.1) is 17.3 Å². The summed E-state index contributed by atoms with van der Waals surface area (Å²) in [6, 6.07) is 0. The Bertz CT molecular complexity index is 167. The topological polar surface area (TPSA) is 20.2 Å². The molecule has 0 radical (unpaired) electrons. The first-order chi connectivity index (χ1) is 7.85. The summed E-state index contributed by atoms with van der Waals surface area (Å²) in [5, 5.41) is 9.11. The summed E-state index contributed by atoms with van der Waals surface area (Å²) in [5.41, 5.74) is 0.401. The summed E-state index contributed by atoms with van der Waals surface area (Å²) in [4.78, 5) is 0. The van der Waals surface area contributed by atoms with E-state index in [1.54, 1.807) is 0 Å². The summed E-state index contributed by atoms with van der Waals surface area (Å²) in [5.74, 6) is 1.57.